The van der Waals surface area contributed by atoms with Gasteiger partial charge >= 0.3 is 0 Å². The maximum Gasteiger partial charge on any atom is 0.163 e. The van der Waals surface area contributed by atoms with Crippen molar-refractivity contribution in [3.63, 3.8) is 0 Å². The van der Waals surface area contributed by atoms with Crippen LogP contribution in [0.1, 0.15) is 40.5 Å². The van der Waals surface area contributed by atoms with Crippen LogP contribution in [-0.2, 0) is 18.9 Å². The number of hydrogen-bond donors (Lipinski definition) is 0. The predicted molar refractivity (Wildman–Crippen MR) is 63.6 cm³/mol. The van der Waals surface area contributed by atoms with Crippen molar-refractivity contribution in [3.05, 3.63) is 0 Å². The minimum atomic E-state index is -0.411. The van der Waals surface area contributed by atoms with Crippen molar-refractivity contribution < 1.29 is 18.9 Å². The average molecular weight is 244 g/mol. The average Bonchev–Trinajstić information content (AvgIpc) is 2.57. The van der Waals surface area contributed by atoms with E-state index >= 15 is 0 Å². The lowest BCUT2D eigenvalue weighted by Gasteiger charge is -2.35. The van der Waals surface area contributed by atoms with E-state index < -0.39 is 11.6 Å². The standard InChI is InChI=1S/C13H24O4/c1-12(2)14-7-10(8-15-12)5-6-11-9-16-13(3,4)17-11/h10-11H,5-9H2,1-4H3. The monoisotopic (exact) mass is 244 g/mol. The summed E-state index contributed by atoms with van der Waals surface area (Å²) in [6.45, 7) is 10.1. The van der Waals surface area contributed by atoms with E-state index in [2.05, 4.69) is 0 Å². The van der Waals surface area contributed by atoms with Gasteiger partial charge < -0.3 is 18.9 Å². The molecule has 2 aliphatic rings. The van der Waals surface area contributed by atoms with Crippen molar-refractivity contribution in [1.82, 2.24) is 0 Å². The van der Waals surface area contributed by atoms with Crippen LogP contribution in [0.3, 0.4) is 0 Å². The first-order valence-electron chi connectivity index (χ1n) is 6.46. The molecule has 4 heteroatoms. The summed E-state index contributed by atoms with van der Waals surface area (Å²) in [5.74, 6) is -0.340. The molecule has 0 aromatic carbocycles. The third-order valence-corrected chi connectivity index (χ3v) is 3.30. The summed E-state index contributed by atoms with van der Waals surface area (Å²) in [5.41, 5.74) is 0. The lowest BCUT2D eigenvalue weighted by molar-refractivity contribution is -0.263. The Kier molecular flexibility index (Phi) is 3.78. The molecule has 4 nitrogen and oxygen atoms in total. The van der Waals surface area contributed by atoms with Crippen LogP contribution < -0.4 is 0 Å². The Bertz CT molecular complexity index is 252. The molecule has 100 valence electrons. The quantitative estimate of drug-likeness (QED) is 0.763. The van der Waals surface area contributed by atoms with Gasteiger partial charge in [0.1, 0.15) is 0 Å². The van der Waals surface area contributed by atoms with Gasteiger partial charge in [0.25, 0.3) is 0 Å². The predicted octanol–water partition coefficient (Wildman–Crippen LogP) is 2.32. The zero-order valence-corrected chi connectivity index (χ0v) is 11.3. The van der Waals surface area contributed by atoms with E-state index in [-0.39, 0.29) is 6.10 Å². The molecule has 0 saturated carbocycles. The normalized spacial score (nSPS) is 32.8. The number of ether oxygens (including phenoxy) is 4. The SMILES string of the molecule is CC1(C)OCC(CCC2COC(C)(C)O2)CO1. The topological polar surface area (TPSA) is 36.9 Å². The molecular formula is C13H24O4. The summed E-state index contributed by atoms with van der Waals surface area (Å²) in [4.78, 5) is 0. The van der Waals surface area contributed by atoms with E-state index in [4.69, 9.17) is 18.9 Å². The van der Waals surface area contributed by atoms with Crippen molar-refractivity contribution in [2.45, 2.75) is 58.2 Å². The summed E-state index contributed by atoms with van der Waals surface area (Å²) in [7, 11) is 0. The van der Waals surface area contributed by atoms with Crippen LogP contribution in [0.15, 0.2) is 0 Å². The Morgan fingerprint density at radius 3 is 1.94 bits per heavy atom. The fourth-order valence-corrected chi connectivity index (χ4v) is 2.22. The molecule has 2 saturated heterocycles. The second kappa shape index (κ2) is 4.84. The summed E-state index contributed by atoms with van der Waals surface area (Å²) >= 11 is 0. The van der Waals surface area contributed by atoms with Crippen LogP contribution in [0.4, 0.5) is 0 Å². The summed E-state index contributed by atoms with van der Waals surface area (Å²) in [5, 5.41) is 0. The lowest BCUT2D eigenvalue weighted by atomic mass is 10.0. The molecule has 2 aliphatic heterocycles. The summed E-state index contributed by atoms with van der Waals surface area (Å²) < 4.78 is 22.6. The van der Waals surface area contributed by atoms with Gasteiger partial charge in [-0.1, -0.05) is 0 Å². The molecule has 0 aliphatic carbocycles. The van der Waals surface area contributed by atoms with E-state index in [0.29, 0.717) is 12.5 Å². The first-order valence-corrected chi connectivity index (χ1v) is 6.46. The Morgan fingerprint density at radius 1 is 0.824 bits per heavy atom. The molecule has 2 rings (SSSR count). The Balaban J connectivity index is 1.67. The first-order chi connectivity index (χ1) is 7.86. The van der Waals surface area contributed by atoms with Crippen molar-refractivity contribution >= 4 is 0 Å². The molecular weight excluding hydrogens is 220 g/mol. The van der Waals surface area contributed by atoms with Crippen LogP contribution >= 0.6 is 0 Å². The highest BCUT2D eigenvalue weighted by Crippen LogP contribution is 2.28. The van der Waals surface area contributed by atoms with E-state index in [1.807, 2.05) is 27.7 Å². The van der Waals surface area contributed by atoms with Crippen LogP contribution in [0.25, 0.3) is 0 Å². The third kappa shape index (κ3) is 3.91. The molecule has 0 bridgehead atoms. The van der Waals surface area contributed by atoms with Gasteiger partial charge in [-0.15, -0.1) is 0 Å². The van der Waals surface area contributed by atoms with E-state index in [0.717, 1.165) is 26.1 Å². The maximum atomic E-state index is 5.78. The third-order valence-electron chi connectivity index (χ3n) is 3.30. The molecule has 2 heterocycles. The molecule has 0 aromatic rings. The molecule has 0 radical (unpaired) electrons. The van der Waals surface area contributed by atoms with Gasteiger partial charge in [-0.25, -0.2) is 0 Å². The van der Waals surface area contributed by atoms with Crippen LogP contribution in [0, 0.1) is 5.92 Å². The highest BCUT2D eigenvalue weighted by atomic mass is 16.7. The molecule has 1 atom stereocenters. The zero-order valence-electron chi connectivity index (χ0n) is 11.3. The molecule has 0 aromatic heterocycles. The van der Waals surface area contributed by atoms with Gasteiger partial charge in [0.05, 0.1) is 25.9 Å². The Hall–Kier alpha value is -0.160. The first kappa shape index (κ1) is 13.3. The van der Waals surface area contributed by atoms with E-state index in [1.54, 1.807) is 0 Å². The summed E-state index contributed by atoms with van der Waals surface area (Å²) in [6, 6.07) is 0. The smallest absolute Gasteiger partial charge is 0.163 e. The van der Waals surface area contributed by atoms with Gasteiger partial charge in [-0.05, 0) is 40.5 Å². The highest BCUT2D eigenvalue weighted by Gasteiger charge is 2.34. The van der Waals surface area contributed by atoms with Crippen molar-refractivity contribution in [2.75, 3.05) is 19.8 Å². The van der Waals surface area contributed by atoms with Crippen molar-refractivity contribution in [1.29, 1.82) is 0 Å². The second-order valence-electron chi connectivity index (χ2n) is 5.92. The Labute approximate surface area is 104 Å². The lowest BCUT2D eigenvalue weighted by Crippen LogP contribution is -2.39. The van der Waals surface area contributed by atoms with Gasteiger partial charge in [-0.2, -0.15) is 0 Å². The van der Waals surface area contributed by atoms with Crippen LogP contribution in [-0.4, -0.2) is 37.5 Å². The van der Waals surface area contributed by atoms with Crippen LogP contribution in [0.2, 0.25) is 0 Å². The summed E-state index contributed by atoms with van der Waals surface area (Å²) in [6.07, 6.45) is 2.31. The zero-order chi connectivity index (χ0) is 12.5. The molecule has 2 fully saturated rings. The number of rotatable bonds is 3. The number of hydrogen-bond acceptors (Lipinski definition) is 4. The van der Waals surface area contributed by atoms with Gasteiger partial charge in [0.2, 0.25) is 0 Å². The molecule has 17 heavy (non-hydrogen) atoms. The van der Waals surface area contributed by atoms with Crippen molar-refractivity contribution in [3.8, 4) is 0 Å². The maximum absolute atomic E-state index is 5.78. The van der Waals surface area contributed by atoms with E-state index in [9.17, 15) is 0 Å². The molecule has 0 N–H and O–H groups in total. The Morgan fingerprint density at radius 2 is 1.41 bits per heavy atom. The fraction of sp³-hybridized carbons (Fsp3) is 1.00. The van der Waals surface area contributed by atoms with Crippen molar-refractivity contribution in [2.24, 2.45) is 5.92 Å². The largest absolute Gasteiger partial charge is 0.350 e. The molecule has 0 spiro atoms. The highest BCUT2D eigenvalue weighted by molar-refractivity contribution is 4.74. The molecule has 0 amide bonds. The van der Waals surface area contributed by atoms with E-state index in [1.165, 1.54) is 0 Å². The van der Waals surface area contributed by atoms with Gasteiger partial charge in [0, 0.05) is 5.92 Å². The van der Waals surface area contributed by atoms with Gasteiger partial charge in [0.15, 0.2) is 11.6 Å². The van der Waals surface area contributed by atoms with Gasteiger partial charge in [-0.3, -0.25) is 0 Å². The minimum Gasteiger partial charge on any atom is -0.350 e. The second-order valence-corrected chi connectivity index (χ2v) is 5.92. The van der Waals surface area contributed by atoms with Crippen LogP contribution in [0.5, 0.6) is 0 Å². The molecule has 1 unspecified atom stereocenters. The minimum absolute atomic E-state index is 0.222. The fourth-order valence-electron chi connectivity index (χ4n) is 2.22.